The van der Waals surface area contributed by atoms with Crippen LogP contribution in [0.5, 0.6) is 0 Å². The van der Waals surface area contributed by atoms with Crippen molar-refractivity contribution in [2.75, 3.05) is 0 Å². The van der Waals surface area contributed by atoms with E-state index in [9.17, 15) is 4.79 Å². The molecule has 0 saturated heterocycles. The van der Waals surface area contributed by atoms with Gasteiger partial charge in [0.2, 0.25) is 0 Å². The monoisotopic (exact) mass is 381 g/mol. The molecule has 27 heavy (non-hydrogen) atoms. The van der Waals surface area contributed by atoms with Crippen LogP contribution < -0.4 is 5.56 Å². The highest BCUT2D eigenvalue weighted by Crippen LogP contribution is 2.28. The Labute approximate surface area is 160 Å². The van der Waals surface area contributed by atoms with Gasteiger partial charge >= 0.3 is 0 Å². The zero-order valence-corrected chi connectivity index (χ0v) is 16.2. The molecule has 0 atom stereocenters. The summed E-state index contributed by atoms with van der Waals surface area (Å²) in [6.07, 6.45) is 3.39. The number of hydrogen-bond acceptors (Lipinski definition) is 6. The van der Waals surface area contributed by atoms with Crippen LogP contribution in [0, 0.1) is 13.8 Å². The lowest BCUT2D eigenvalue weighted by atomic mass is 10.2. The second-order valence-electron chi connectivity index (χ2n) is 6.20. The Morgan fingerprint density at radius 2 is 2.07 bits per heavy atom. The van der Waals surface area contributed by atoms with Crippen molar-refractivity contribution in [2.45, 2.75) is 38.2 Å². The highest BCUT2D eigenvalue weighted by atomic mass is 32.2. The van der Waals surface area contributed by atoms with E-state index in [4.69, 9.17) is 4.42 Å². The van der Waals surface area contributed by atoms with Crippen molar-refractivity contribution in [1.29, 1.82) is 0 Å². The maximum atomic E-state index is 12.4. The SMILES string of the molecule is CCn1c(SCc2cc(=O)n3cccc(C)c3n2)nnc1-c1ccoc1C. The zero-order valence-electron chi connectivity index (χ0n) is 15.3. The first-order chi connectivity index (χ1) is 13.1. The number of rotatable bonds is 5. The predicted molar refractivity (Wildman–Crippen MR) is 104 cm³/mol. The third-order valence-electron chi connectivity index (χ3n) is 4.42. The fraction of sp³-hybridized carbons (Fsp3) is 0.263. The summed E-state index contributed by atoms with van der Waals surface area (Å²) in [5.41, 5.74) is 3.24. The van der Waals surface area contributed by atoms with Gasteiger partial charge in [0.15, 0.2) is 11.0 Å². The number of thioether (sulfide) groups is 1. The van der Waals surface area contributed by atoms with E-state index in [2.05, 4.69) is 22.1 Å². The summed E-state index contributed by atoms with van der Waals surface area (Å²) in [7, 11) is 0. The Bertz CT molecular complexity index is 1170. The van der Waals surface area contributed by atoms with Crippen LogP contribution in [0.1, 0.15) is 23.9 Å². The summed E-state index contributed by atoms with van der Waals surface area (Å²) in [4.78, 5) is 17.0. The maximum Gasteiger partial charge on any atom is 0.258 e. The average Bonchev–Trinajstić information content (AvgIpc) is 3.26. The molecule has 0 radical (unpaired) electrons. The molecule has 0 amide bonds. The third kappa shape index (κ3) is 3.16. The normalized spacial score (nSPS) is 11.4. The minimum atomic E-state index is -0.0778. The van der Waals surface area contributed by atoms with Gasteiger partial charge in [-0.25, -0.2) is 4.98 Å². The van der Waals surface area contributed by atoms with Gasteiger partial charge < -0.3 is 8.98 Å². The highest BCUT2D eigenvalue weighted by molar-refractivity contribution is 7.98. The molecular formula is C19H19N5O2S. The molecule has 0 aliphatic rings. The van der Waals surface area contributed by atoms with Gasteiger partial charge in [-0.1, -0.05) is 17.8 Å². The fourth-order valence-electron chi connectivity index (χ4n) is 3.02. The topological polar surface area (TPSA) is 78.2 Å². The molecule has 0 bridgehead atoms. The lowest BCUT2D eigenvalue weighted by Crippen LogP contribution is -2.15. The van der Waals surface area contributed by atoms with Crippen molar-refractivity contribution in [3.05, 3.63) is 64.1 Å². The maximum absolute atomic E-state index is 12.4. The molecule has 7 nitrogen and oxygen atoms in total. The molecular weight excluding hydrogens is 362 g/mol. The molecule has 0 saturated carbocycles. The van der Waals surface area contributed by atoms with Crippen LogP contribution in [0.15, 0.2) is 51.1 Å². The Morgan fingerprint density at radius 1 is 1.22 bits per heavy atom. The number of aromatic nitrogens is 5. The summed E-state index contributed by atoms with van der Waals surface area (Å²) in [6, 6.07) is 7.27. The van der Waals surface area contributed by atoms with Crippen molar-refractivity contribution in [3.8, 4) is 11.4 Å². The summed E-state index contributed by atoms with van der Waals surface area (Å²) >= 11 is 1.52. The van der Waals surface area contributed by atoms with Crippen LogP contribution in [0.3, 0.4) is 0 Å². The molecule has 4 aromatic rings. The summed E-state index contributed by atoms with van der Waals surface area (Å²) in [5.74, 6) is 2.14. The molecule has 4 heterocycles. The van der Waals surface area contributed by atoms with Crippen molar-refractivity contribution < 1.29 is 4.42 Å². The molecule has 8 heteroatoms. The minimum absolute atomic E-state index is 0.0778. The smallest absolute Gasteiger partial charge is 0.258 e. The van der Waals surface area contributed by atoms with Crippen LogP contribution in [0.2, 0.25) is 0 Å². The number of fused-ring (bicyclic) bond motifs is 1. The fourth-order valence-corrected chi connectivity index (χ4v) is 3.91. The lowest BCUT2D eigenvalue weighted by Gasteiger charge is -2.08. The molecule has 0 aliphatic heterocycles. The van der Waals surface area contributed by atoms with E-state index in [1.165, 1.54) is 11.8 Å². The molecule has 0 aliphatic carbocycles. The van der Waals surface area contributed by atoms with Gasteiger partial charge in [-0.15, -0.1) is 10.2 Å². The Morgan fingerprint density at radius 3 is 2.81 bits per heavy atom. The Balaban J connectivity index is 1.64. The average molecular weight is 381 g/mol. The first-order valence-corrected chi connectivity index (χ1v) is 9.65. The first kappa shape index (κ1) is 17.5. The van der Waals surface area contributed by atoms with E-state index in [0.29, 0.717) is 11.4 Å². The van der Waals surface area contributed by atoms with Gasteiger partial charge in [0.1, 0.15) is 11.4 Å². The van der Waals surface area contributed by atoms with Gasteiger partial charge in [0.05, 0.1) is 17.5 Å². The minimum Gasteiger partial charge on any atom is -0.469 e. The van der Waals surface area contributed by atoms with Crippen molar-refractivity contribution in [1.82, 2.24) is 24.1 Å². The van der Waals surface area contributed by atoms with Gasteiger partial charge in [-0.3, -0.25) is 9.20 Å². The van der Waals surface area contributed by atoms with Crippen molar-refractivity contribution in [3.63, 3.8) is 0 Å². The van der Waals surface area contributed by atoms with Crippen LogP contribution in [-0.4, -0.2) is 24.1 Å². The van der Waals surface area contributed by atoms with E-state index < -0.39 is 0 Å². The summed E-state index contributed by atoms with van der Waals surface area (Å²) in [6.45, 7) is 6.65. The van der Waals surface area contributed by atoms with E-state index in [-0.39, 0.29) is 5.56 Å². The van der Waals surface area contributed by atoms with Crippen LogP contribution in [-0.2, 0) is 12.3 Å². The van der Waals surface area contributed by atoms with Gasteiger partial charge in [-0.2, -0.15) is 0 Å². The second kappa shape index (κ2) is 7.03. The summed E-state index contributed by atoms with van der Waals surface area (Å²) in [5, 5.41) is 9.45. The molecule has 4 rings (SSSR count). The van der Waals surface area contributed by atoms with E-state index >= 15 is 0 Å². The van der Waals surface area contributed by atoms with Gasteiger partial charge in [0, 0.05) is 24.6 Å². The van der Waals surface area contributed by atoms with Crippen molar-refractivity contribution >= 4 is 17.4 Å². The third-order valence-corrected chi connectivity index (χ3v) is 5.42. The number of furan rings is 1. The number of aryl methyl sites for hydroxylation is 2. The van der Waals surface area contributed by atoms with Crippen LogP contribution >= 0.6 is 11.8 Å². The molecule has 0 spiro atoms. The van der Waals surface area contributed by atoms with Crippen molar-refractivity contribution in [2.24, 2.45) is 0 Å². The van der Waals surface area contributed by atoms with E-state index in [1.54, 1.807) is 22.9 Å². The highest BCUT2D eigenvalue weighted by Gasteiger charge is 2.17. The van der Waals surface area contributed by atoms with Gasteiger partial charge in [0.25, 0.3) is 5.56 Å². The first-order valence-electron chi connectivity index (χ1n) is 8.67. The lowest BCUT2D eigenvalue weighted by molar-refractivity contribution is 0.534. The predicted octanol–water partition coefficient (Wildman–Crippen LogP) is 3.48. The zero-order chi connectivity index (χ0) is 19.0. The molecule has 138 valence electrons. The van der Waals surface area contributed by atoms with Gasteiger partial charge in [-0.05, 0) is 38.5 Å². The Hall–Kier alpha value is -2.87. The number of hydrogen-bond donors (Lipinski definition) is 0. The number of nitrogens with zero attached hydrogens (tertiary/aromatic N) is 5. The second-order valence-corrected chi connectivity index (χ2v) is 7.14. The largest absolute Gasteiger partial charge is 0.469 e. The molecule has 0 fully saturated rings. The van der Waals surface area contributed by atoms with E-state index in [0.717, 1.165) is 40.1 Å². The summed E-state index contributed by atoms with van der Waals surface area (Å²) < 4.78 is 9.00. The Kier molecular flexibility index (Phi) is 4.57. The molecule has 0 unspecified atom stereocenters. The molecule has 0 N–H and O–H groups in total. The standard InChI is InChI=1S/C19H19N5O2S/c1-4-23-18(15-7-9-26-13(15)3)21-22-19(23)27-11-14-10-16(25)24-8-5-6-12(2)17(24)20-14/h5-10H,4,11H2,1-3H3. The number of pyridine rings is 1. The quantitative estimate of drug-likeness (QED) is 0.493. The van der Waals surface area contributed by atoms with E-state index in [1.807, 2.05) is 36.6 Å². The molecule has 0 aromatic carbocycles. The van der Waals surface area contributed by atoms with Crippen LogP contribution in [0.25, 0.3) is 17.0 Å². The molecule has 4 aromatic heterocycles. The van der Waals surface area contributed by atoms with Crippen LogP contribution in [0.4, 0.5) is 0 Å².